The van der Waals surface area contributed by atoms with E-state index in [9.17, 15) is 4.79 Å². The lowest BCUT2D eigenvalue weighted by atomic mass is 10.1. The summed E-state index contributed by atoms with van der Waals surface area (Å²) in [6, 6.07) is 2.09. The molecule has 0 atom stereocenters. The van der Waals surface area contributed by atoms with E-state index >= 15 is 0 Å². The summed E-state index contributed by atoms with van der Waals surface area (Å²) in [4.78, 5) is 12.2. The standard InChI is InChI=1S/C13H19N5OS/c1-7(2)10-6-9(12(19)18(5)17-10)11-15-16-13(20-11)14-8(3)4/h6-8H,1-5H3,(H,14,16). The van der Waals surface area contributed by atoms with Gasteiger partial charge in [-0.05, 0) is 25.8 Å². The summed E-state index contributed by atoms with van der Waals surface area (Å²) < 4.78 is 1.36. The predicted molar refractivity (Wildman–Crippen MR) is 81.2 cm³/mol. The molecule has 1 N–H and O–H groups in total. The molecule has 0 fully saturated rings. The Morgan fingerprint density at radius 1 is 1.25 bits per heavy atom. The zero-order valence-corrected chi connectivity index (χ0v) is 13.2. The Kier molecular flexibility index (Phi) is 4.17. The van der Waals surface area contributed by atoms with Gasteiger partial charge in [0.05, 0.1) is 11.3 Å². The van der Waals surface area contributed by atoms with Crippen LogP contribution < -0.4 is 10.9 Å². The zero-order valence-electron chi connectivity index (χ0n) is 12.3. The molecule has 2 rings (SSSR count). The van der Waals surface area contributed by atoms with Crippen LogP contribution in [-0.2, 0) is 7.05 Å². The summed E-state index contributed by atoms with van der Waals surface area (Å²) in [5, 5.41) is 17.0. The molecule has 0 amide bonds. The largest absolute Gasteiger partial charge is 0.358 e. The monoisotopic (exact) mass is 293 g/mol. The molecule has 0 spiro atoms. The first kappa shape index (κ1) is 14.6. The average Bonchev–Trinajstić information content (AvgIpc) is 2.79. The second-order valence-corrected chi connectivity index (χ2v) is 6.26. The maximum atomic E-state index is 12.2. The van der Waals surface area contributed by atoms with Crippen LogP contribution in [-0.4, -0.2) is 26.0 Å². The molecule has 7 heteroatoms. The third kappa shape index (κ3) is 3.04. The van der Waals surface area contributed by atoms with Gasteiger partial charge in [-0.3, -0.25) is 4.79 Å². The van der Waals surface area contributed by atoms with Crippen molar-refractivity contribution in [1.29, 1.82) is 0 Å². The van der Waals surface area contributed by atoms with Gasteiger partial charge in [-0.15, -0.1) is 10.2 Å². The van der Waals surface area contributed by atoms with Gasteiger partial charge in [-0.1, -0.05) is 25.2 Å². The van der Waals surface area contributed by atoms with Crippen LogP contribution in [0.4, 0.5) is 5.13 Å². The topological polar surface area (TPSA) is 72.7 Å². The lowest BCUT2D eigenvalue weighted by molar-refractivity contribution is 0.655. The third-order valence-electron chi connectivity index (χ3n) is 2.74. The second kappa shape index (κ2) is 5.70. The number of nitrogens with one attached hydrogen (secondary N) is 1. The molecular formula is C13H19N5OS. The Balaban J connectivity index is 2.46. The molecule has 0 saturated carbocycles. The van der Waals surface area contributed by atoms with Crippen molar-refractivity contribution in [3.8, 4) is 10.6 Å². The van der Waals surface area contributed by atoms with E-state index in [4.69, 9.17) is 0 Å². The number of hydrogen-bond donors (Lipinski definition) is 1. The van der Waals surface area contributed by atoms with Crippen LogP contribution in [0.15, 0.2) is 10.9 Å². The third-order valence-corrected chi connectivity index (χ3v) is 3.63. The Hall–Kier alpha value is -1.76. The van der Waals surface area contributed by atoms with Crippen LogP contribution in [0.2, 0.25) is 0 Å². The number of hydrogen-bond acceptors (Lipinski definition) is 6. The van der Waals surface area contributed by atoms with Gasteiger partial charge in [0.2, 0.25) is 5.13 Å². The number of aromatic nitrogens is 4. The van der Waals surface area contributed by atoms with Crippen LogP contribution in [0.25, 0.3) is 10.6 Å². The highest BCUT2D eigenvalue weighted by molar-refractivity contribution is 7.18. The molecule has 2 aromatic rings. The number of rotatable bonds is 4. The molecule has 0 aromatic carbocycles. The Bertz CT molecular complexity index is 659. The van der Waals surface area contributed by atoms with E-state index in [1.807, 2.05) is 33.8 Å². The molecule has 0 bridgehead atoms. The summed E-state index contributed by atoms with van der Waals surface area (Å²) in [5.74, 6) is 0.252. The Morgan fingerprint density at radius 2 is 1.95 bits per heavy atom. The molecule has 2 aromatic heterocycles. The minimum Gasteiger partial charge on any atom is -0.358 e. The number of nitrogens with zero attached hydrogens (tertiary/aromatic N) is 4. The SMILES string of the molecule is CC(C)Nc1nnc(-c2cc(C(C)C)nn(C)c2=O)s1. The lowest BCUT2D eigenvalue weighted by Crippen LogP contribution is -2.23. The summed E-state index contributed by atoms with van der Waals surface area (Å²) in [6.07, 6.45) is 0. The van der Waals surface area contributed by atoms with Gasteiger partial charge in [0.1, 0.15) is 0 Å². The highest BCUT2D eigenvalue weighted by atomic mass is 32.1. The van der Waals surface area contributed by atoms with Gasteiger partial charge >= 0.3 is 0 Å². The predicted octanol–water partition coefficient (Wildman–Crippen LogP) is 2.24. The van der Waals surface area contributed by atoms with E-state index in [1.54, 1.807) is 7.05 Å². The fraction of sp³-hybridized carbons (Fsp3) is 0.538. The lowest BCUT2D eigenvalue weighted by Gasteiger charge is -2.07. The number of aryl methyl sites for hydroxylation is 1. The number of anilines is 1. The molecule has 0 aliphatic rings. The van der Waals surface area contributed by atoms with Crippen molar-refractivity contribution in [2.24, 2.45) is 7.05 Å². The van der Waals surface area contributed by atoms with E-state index in [-0.39, 0.29) is 17.5 Å². The van der Waals surface area contributed by atoms with E-state index in [1.165, 1.54) is 16.0 Å². The molecule has 108 valence electrons. The smallest absolute Gasteiger partial charge is 0.276 e. The first-order valence-corrected chi connectivity index (χ1v) is 7.38. The van der Waals surface area contributed by atoms with Crippen molar-refractivity contribution < 1.29 is 0 Å². The fourth-order valence-electron chi connectivity index (χ4n) is 1.70. The maximum absolute atomic E-state index is 12.2. The molecule has 0 aliphatic heterocycles. The molecule has 0 aliphatic carbocycles. The van der Waals surface area contributed by atoms with Gasteiger partial charge in [-0.25, -0.2) is 4.68 Å². The summed E-state index contributed by atoms with van der Waals surface area (Å²) in [5.41, 5.74) is 1.28. The maximum Gasteiger partial charge on any atom is 0.276 e. The van der Waals surface area contributed by atoms with E-state index < -0.39 is 0 Å². The van der Waals surface area contributed by atoms with Gasteiger partial charge in [0.25, 0.3) is 5.56 Å². The first-order valence-electron chi connectivity index (χ1n) is 6.57. The van der Waals surface area contributed by atoms with E-state index in [0.29, 0.717) is 10.6 Å². The molecule has 2 heterocycles. The molecule has 0 unspecified atom stereocenters. The molecule has 6 nitrogen and oxygen atoms in total. The summed E-state index contributed by atoms with van der Waals surface area (Å²) in [6.45, 7) is 8.15. The molecule has 0 radical (unpaired) electrons. The van der Waals surface area contributed by atoms with E-state index in [0.717, 1.165) is 10.8 Å². The van der Waals surface area contributed by atoms with Crippen molar-refractivity contribution in [1.82, 2.24) is 20.0 Å². The van der Waals surface area contributed by atoms with Crippen molar-refractivity contribution in [3.63, 3.8) is 0 Å². The fourth-order valence-corrected chi connectivity index (χ4v) is 2.60. The second-order valence-electron chi connectivity index (χ2n) is 5.28. The summed E-state index contributed by atoms with van der Waals surface area (Å²) >= 11 is 1.38. The summed E-state index contributed by atoms with van der Waals surface area (Å²) in [7, 11) is 1.66. The zero-order chi connectivity index (χ0) is 14.9. The highest BCUT2D eigenvalue weighted by Crippen LogP contribution is 2.25. The Morgan fingerprint density at radius 3 is 2.55 bits per heavy atom. The van der Waals surface area contributed by atoms with Gasteiger partial charge < -0.3 is 5.32 Å². The minimum atomic E-state index is -0.151. The van der Waals surface area contributed by atoms with E-state index in [2.05, 4.69) is 20.6 Å². The van der Waals surface area contributed by atoms with Crippen LogP contribution in [0, 0.1) is 0 Å². The first-order chi connectivity index (χ1) is 9.38. The quantitative estimate of drug-likeness (QED) is 0.936. The van der Waals surface area contributed by atoms with Crippen LogP contribution in [0.1, 0.15) is 39.3 Å². The van der Waals surface area contributed by atoms with Crippen molar-refractivity contribution >= 4 is 16.5 Å². The van der Waals surface area contributed by atoms with Crippen molar-refractivity contribution in [2.45, 2.75) is 39.7 Å². The average molecular weight is 293 g/mol. The molecule has 0 saturated heterocycles. The van der Waals surface area contributed by atoms with Crippen LogP contribution >= 0.6 is 11.3 Å². The molecule has 20 heavy (non-hydrogen) atoms. The van der Waals surface area contributed by atoms with Gasteiger partial charge in [-0.2, -0.15) is 5.10 Å². The van der Waals surface area contributed by atoms with Crippen molar-refractivity contribution in [3.05, 3.63) is 22.1 Å². The van der Waals surface area contributed by atoms with Crippen molar-refractivity contribution in [2.75, 3.05) is 5.32 Å². The Labute approximate surface area is 121 Å². The minimum absolute atomic E-state index is 0.151. The van der Waals surface area contributed by atoms with Gasteiger partial charge in [0.15, 0.2) is 5.01 Å². The van der Waals surface area contributed by atoms with Gasteiger partial charge in [0, 0.05) is 13.1 Å². The van der Waals surface area contributed by atoms with Crippen LogP contribution in [0.3, 0.4) is 0 Å². The van der Waals surface area contributed by atoms with Crippen LogP contribution in [0.5, 0.6) is 0 Å². The molecular weight excluding hydrogens is 274 g/mol. The normalized spacial score (nSPS) is 11.3. The highest BCUT2D eigenvalue weighted by Gasteiger charge is 2.15.